The van der Waals surface area contributed by atoms with Crippen LogP contribution in [0.3, 0.4) is 0 Å². The molecule has 0 aliphatic heterocycles. The van der Waals surface area contributed by atoms with Crippen LogP contribution in [0, 0.1) is 6.92 Å². The van der Waals surface area contributed by atoms with Gasteiger partial charge in [-0.05, 0) is 50.1 Å². The number of aryl methyl sites for hydroxylation is 1. The molecule has 2 aromatic rings. The Kier molecular flexibility index (Phi) is 7.68. The van der Waals surface area contributed by atoms with Crippen molar-refractivity contribution in [1.82, 2.24) is 0 Å². The summed E-state index contributed by atoms with van der Waals surface area (Å²) in [5.74, 6) is -0.664. The Bertz CT molecular complexity index is 1110. The summed E-state index contributed by atoms with van der Waals surface area (Å²) in [7, 11) is -9.19. The van der Waals surface area contributed by atoms with E-state index in [1.165, 1.54) is 30.3 Å². The second-order valence-corrected chi connectivity index (χ2v) is 10.4. The van der Waals surface area contributed by atoms with E-state index in [1.807, 2.05) is 0 Å². The van der Waals surface area contributed by atoms with Gasteiger partial charge >= 0.3 is 0 Å². The molecule has 0 heterocycles. The van der Waals surface area contributed by atoms with Crippen LogP contribution in [-0.2, 0) is 20.0 Å². The molecule has 0 unspecified atom stereocenters. The van der Waals surface area contributed by atoms with Crippen molar-refractivity contribution in [2.24, 2.45) is 0 Å². The van der Waals surface area contributed by atoms with E-state index in [0.717, 1.165) is 17.7 Å². The Labute approximate surface area is 177 Å². The van der Waals surface area contributed by atoms with Crippen molar-refractivity contribution in [1.29, 1.82) is 0 Å². The molecule has 7 nitrogen and oxygen atoms in total. The molecule has 0 amide bonds. The molecule has 9 heteroatoms. The van der Waals surface area contributed by atoms with Crippen molar-refractivity contribution in [2.45, 2.75) is 56.2 Å². The number of hydrogen-bond donors (Lipinski definition) is 0. The number of benzene rings is 2. The summed E-state index contributed by atoms with van der Waals surface area (Å²) in [6.45, 7) is 5.36. The van der Waals surface area contributed by atoms with Crippen LogP contribution in [0.2, 0.25) is 0 Å². The maximum Gasteiger partial charge on any atom is 0.162 e. The van der Waals surface area contributed by atoms with Gasteiger partial charge in [-0.25, -0.2) is 16.8 Å². The predicted molar refractivity (Wildman–Crippen MR) is 114 cm³/mol. The Balaban J connectivity index is 2.52. The first-order valence-electron chi connectivity index (χ1n) is 9.52. The van der Waals surface area contributed by atoms with E-state index >= 15 is 0 Å². The number of nitrogens with zero attached hydrogens (tertiary/aromatic N) is 1. The first-order valence-corrected chi connectivity index (χ1v) is 12.4. The van der Waals surface area contributed by atoms with E-state index in [1.54, 1.807) is 20.8 Å². The van der Waals surface area contributed by atoms with Crippen molar-refractivity contribution in [3.63, 3.8) is 0 Å². The zero-order chi connectivity index (χ0) is 22.5. The van der Waals surface area contributed by atoms with E-state index in [2.05, 4.69) is 4.13 Å². The summed E-state index contributed by atoms with van der Waals surface area (Å²) in [5.41, 5.74) is 0.888. The van der Waals surface area contributed by atoms with Crippen LogP contribution in [0.5, 0.6) is 0 Å². The van der Waals surface area contributed by atoms with Gasteiger partial charge < -0.3 is 4.13 Å². The molecule has 0 radical (unpaired) electrons. The van der Waals surface area contributed by atoms with Crippen LogP contribution < -0.4 is 0 Å². The average molecular weight is 451 g/mol. The quantitative estimate of drug-likeness (QED) is 0.495. The van der Waals surface area contributed by atoms with Gasteiger partial charge in [-0.1, -0.05) is 31.5 Å². The predicted octanol–water partition coefficient (Wildman–Crippen LogP) is 4.41. The minimum absolute atomic E-state index is 0.0420. The number of Topliss-reactive ketones (excluding diaryl/α,β-unsaturated/α-hetero) is 2. The fourth-order valence-corrected chi connectivity index (χ4v) is 5.49. The summed E-state index contributed by atoms with van der Waals surface area (Å²) in [6.07, 6.45) is 1.42. The third-order valence-electron chi connectivity index (χ3n) is 4.32. The van der Waals surface area contributed by atoms with Crippen molar-refractivity contribution < 1.29 is 26.4 Å². The third-order valence-corrected chi connectivity index (χ3v) is 7.59. The standard InChI is InChI=1S/C21H24NO6S2/c1-4-6-20(23)16-12-17(21(24)7-5-2)14-19(13-16)30(27,28)22-29(25,26)18-10-8-15(3)9-11-18/h8-14H,4-7H2,1-3H3/q-1. The Morgan fingerprint density at radius 1 is 0.733 bits per heavy atom. The maximum absolute atomic E-state index is 12.8. The molecule has 162 valence electrons. The Morgan fingerprint density at radius 2 is 1.17 bits per heavy atom. The molecule has 0 aliphatic carbocycles. The van der Waals surface area contributed by atoms with Gasteiger partial charge in [0.2, 0.25) is 0 Å². The van der Waals surface area contributed by atoms with Crippen LogP contribution in [0.25, 0.3) is 4.13 Å². The topological polar surface area (TPSA) is 117 Å². The molecule has 2 aromatic carbocycles. The zero-order valence-electron chi connectivity index (χ0n) is 17.1. The monoisotopic (exact) mass is 450 g/mol. The highest BCUT2D eigenvalue weighted by Gasteiger charge is 2.18. The number of hydrogen-bond acceptors (Lipinski definition) is 6. The highest BCUT2D eigenvalue weighted by atomic mass is 32.3. The molecule has 0 aliphatic rings. The van der Waals surface area contributed by atoms with Crippen molar-refractivity contribution >= 4 is 31.6 Å². The van der Waals surface area contributed by atoms with Gasteiger partial charge in [0, 0.05) is 28.9 Å². The molecule has 0 aromatic heterocycles. The molecular formula is C21H24NO6S2-. The molecule has 2 rings (SSSR count). The summed E-state index contributed by atoms with van der Waals surface area (Å²) >= 11 is 0. The average Bonchev–Trinajstić information content (AvgIpc) is 2.67. The van der Waals surface area contributed by atoms with E-state index < -0.39 is 24.9 Å². The van der Waals surface area contributed by atoms with Gasteiger partial charge in [0.15, 0.2) is 11.6 Å². The number of carbonyl (C=O) groups is 2. The lowest BCUT2D eigenvalue weighted by Gasteiger charge is -2.22. The summed E-state index contributed by atoms with van der Waals surface area (Å²) in [6, 6.07) is 9.08. The van der Waals surface area contributed by atoms with Gasteiger partial charge in [-0.3, -0.25) is 9.59 Å². The number of carbonyl (C=O) groups excluding carboxylic acids is 2. The molecule has 30 heavy (non-hydrogen) atoms. The second kappa shape index (κ2) is 9.63. The second-order valence-electron chi connectivity index (χ2n) is 6.93. The highest BCUT2D eigenvalue weighted by molar-refractivity contribution is 8.12. The molecular weight excluding hydrogens is 426 g/mol. The number of ketones is 2. The van der Waals surface area contributed by atoms with Gasteiger partial charge in [-0.2, -0.15) is 0 Å². The van der Waals surface area contributed by atoms with Crippen molar-refractivity contribution in [2.75, 3.05) is 0 Å². The lowest BCUT2D eigenvalue weighted by molar-refractivity contribution is 0.0981. The third kappa shape index (κ3) is 5.84. The Morgan fingerprint density at radius 3 is 1.60 bits per heavy atom. The Hall–Kier alpha value is -2.36. The highest BCUT2D eigenvalue weighted by Crippen LogP contribution is 2.28. The summed E-state index contributed by atoms with van der Waals surface area (Å²) in [5, 5.41) is 0. The fourth-order valence-electron chi connectivity index (χ4n) is 2.74. The van der Waals surface area contributed by atoms with Crippen LogP contribution in [-0.4, -0.2) is 28.4 Å². The normalized spacial score (nSPS) is 12.0. The minimum atomic E-state index is -4.69. The van der Waals surface area contributed by atoms with Crippen molar-refractivity contribution in [3.05, 3.63) is 63.3 Å². The van der Waals surface area contributed by atoms with E-state index in [0.29, 0.717) is 12.8 Å². The fraction of sp³-hybridized carbons (Fsp3) is 0.333. The van der Waals surface area contributed by atoms with E-state index in [9.17, 15) is 26.4 Å². The van der Waals surface area contributed by atoms with Crippen molar-refractivity contribution in [3.8, 4) is 0 Å². The molecule has 0 atom stereocenters. The largest absolute Gasteiger partial charge is 0.428 e. The lowest BCUT2D eigenvalue weighted by atomic mass is 10.0. The van der Waals surface area contributed by atoms with Gasteiger partial charge in [0.25, 0.3) is 0 Å². The first kappa shape index (κ1) is 23.9. The molecule has 0 N–H and O–H groups in total. The number of rotatable bonds is 10. The van der Waals surface area contributed by atoms with Gasteiger partial charge in [-0.15, -0.1) is 0 Å². The molecule has 0 bridgehead atoms. The van der Waals surface area contributed by atoms with E-state index in [4.69, 9.17) is 0 Å². The SMILES string of the molecule is CCCC(=O)c1cc(C(=O)CCC)cc(S(=O)(=O)[N-]S(=O)(=O)c2ccc(C)cc2)c1. The summed E-state index contributed by atoms with van der Waals surface area (Å²) in [4.78, 5) is 23.9. The molecule has 0 saturated carbocycles. The molecule has 0 saturated heterocycles. The first-order chi connectivity index (χ1) is 14.0. The molecule has 0 spiro atoms. The lowest BCUT2D eigenvalue weighted by Crippen LogP contribution is -2.11. The van der Waals surface area contributed by atoms with Crippen LogP contribution in [0.15, 0.2) is 52.3 Å². The van der Waals surface area contributed by atoms with Crippen LogP contribution in [0.1, 0.15) is 65.8 Å². The smallest absolute Gasteiger partial charge is 0.162 e. The van der Waals surface area contributed by atoms with Gasteiger partial charge in [0.05, 0.1) is 4.90 Å². The summed E-state index contributed by atoms with van der Waals surface area (Å²) < 4.78 is 53.7. The minimum Gasteiger partial charge on any atom is -0.428 e. The number of sulfonamides is 2. The van der Waals surface area contributed by atoms with E-state index in [-0.39, 0.29) is 40.4 Å². The zero-order valence-corrected chi connectivity index (χ0v) is 18.7. The maximum atomic E-state index is 12.8. The van der Waals surface area contributed by atoms with Crippen LogP contribution in [0.4, 0.5) is 0 Å². The van der Waals surface area contributed by atoms with Gasteiger partial charge in [0.1, 0.15) is 20.0 Å². The van der Waals surface area contributed by atoms with Crippen LogP contribution >= 0.6 is 0 Å². The molecule has 0 fully saturated rings.